The lowest BCUT2D eigenvalue weighted by Gasteiger charge is -2.50. The maximum atomic E-state index is 13.8. The fourth-order valence-electron chi connectivity index (χ4n) is 4.77. The first kappa shape index (κ1) is 34.5. The summed E-state index contributed by atoms with van der Waals surface area (Å²) in [6.07, 6.45) is -6.61. The molecule has 4 rings (SSSR count). The van der Waals surface area contributed by atoms with Crippen LogP contribution in [0.3, 0.4) is 0 Å². The van der Waals surface area contributed by atoms with Crippen molar-refractivity contribution in [3.63, 3.8) is 0 Å². The number of benzene rings is 1. The second-order valence-electron chi connectivity index (χ2n) is 9.16. The number of aromatic nitrogens is 2. The minimum atomic E-state index is -5.08. The molecule has 0 bridgehead atoms. The third-order valence-corrected chi connectivity index (χ3v) is 6.67. The Bertz CT molecular complexity index is 1220. The fraction of sp³-hybridized carbons (Fsp3) is 0.520. The maximum Gasteiger partial charge on any atom is 0.490 e. The number of imidazole rings is 1. The molecule has 2 aliphatic rings. The van der Waals surface area contributed by atoms with Crippen LogP contribution in [0.5, 0.6) is 0 Å². The minimum Gasteiger partial charge on any atom is -0.475 e. The van der Waals surface area contributed by atoms with Gasteiger partial charge < -0.3 is 24.4 Å². The van der Waals surface area contributed by atoms with Gasteiger partial charge in [-0.3, -0.25) is 9.69 Å². The highest BCUT2D eigenvalue weighted by molar-refractivity contribution is 5.77. The summed E-state index contributed by atoms with van der Waals surface area (Å²) in [6, 6.07) is 6.69. The van der Waals surface area contributed by atoms with Gasteiger partial charge in [0.15, 0.2) is 0 Å². The average molecular weight is 615 g/mol. The van der Waals surface area contributed by atoms with Crippen molar-refractivity contribution in [3.05, 3.63) is 42.1 Å². The molecule has 2 aromatic rings. The summed E-state index contributed by atoms with van der Waals surface area (Å²) in [6.45, 7) is 6.40. The second kappa shape index (κ2) is 14.0. The molecule has 0 saturated carbocycles. The highest BCUT2D eigenvalue weighted by Crippen LogP contribution is 2.42. The summed E-state index contributed by atoms with van der Waals surface area (Å²) in [7, 11) is 1.55. The number of methoxy groups -OCH3 is 1. The molecule has 1 aromatic heterocycles. The monoisotopic (exact) mass is 614 g/mol. The highest BCUT2D eigenvalue weighted by Gasteiger charge is 2.47. The van der Waals surface area contributed by atoms with Crippen molar-refractivity contribution in [1.82, 2.24) is 19.4 Å². The largest absolute Gasteiger partial charge is 0.490 e. The quantitative estimate of drug-likeness (QED) is 0.499. The number of ether oxygens (including phenoxy) is 1. The number of piperidine rings is 1. The molecule has 1 amide bonds. The smallest absolute Gasteiger partial charge is 0.475 e. The van der Waals surface area contributed by atoms with E-state index in [1.807, 2.05) is 17.2 Å². The lowest BCUT2D eigenvalue weighted by molar-refractivity contribution is -0.193. The second-order valence-corrected chi connectivity index (χ2v) is 9.16. The fourth-order valence-corrected chi connectivity index (χ4v) is 4.77. The van der Waals surface area contributed by atoms with Gasteiger partial charge in [0, 0.05) is 38.9 Å². The molecule has 0 atom stereocenters. The number of alkyl halides is 6. The number of aliphatic carboxylic acids is 2. The Morgan fingerprint density at radius 1 is 0.976 bits per heavy atom. The number of fused-ring (bicyclic) bond motifs is 2. The van der Waals surface area contributed by atoms with Crippen LogP contribution in [-0.4, -0.2) is 99.7 Å². The third-order valence-electron chi connectivity index (χ3n) is 6.67. The Balaban J connectivity index is 0.000000367. The van der Waals surface area contributed by atoms with Crippen molar-refractivity contribution >= 4 is 17.8 Å². The molecule has 234 valence electrons. The number of likely N-dealkylation sites (tertiary alicyclic amines) is 1. The number of carbonyl (C=O) groups is 3. The van der Waals surface area contributed by atoms with Crippen LogP contribution in [-0.2, 0) is 31.2 Å². The lowest BCUT2D eigenvalue weighted by Crippen LogP contribution is -2.58. The molecular weight excluding hydrogens is 585 g/mol. The van der Waals surface area contributed by atoms with E-state index in [1.165, 1.54) is 6.07 Å². The van der Waals surface area contributed by atoms with Crippen molar-refractivity contribution in [2.24, 2.45) is 0 Å². The summed E-state index contributed by atoms with van der Waals surface area (Å²) in [5, 5.41) is 14.2. The van der Waals surface area contributed by atoms with E-state index in [1.54, 1.807) is 19.2 Å². The van der Waals surface area contributed by atoms with Crippen LogP contribution in [0.4, 0.5) is 30.7 Å². The first-order valence-electron chi connectivity index (χ1n) is 12.4. The van der Waals surface area contributed by atoms with E-state index in [-0.39, 0.29) is 23.9 Å². The summed E-state index contributed by atoms with van der Waals surface area (Å²) < 4.78 is 84.5. The van der Waals surface area contributed by atoms with Crippen LogP contribution in [0.1, 0.15) is 25.6 Å². The summed E-state index contributed by atoms with van der Waals surface area (Å²) in [4.78, 5) is 39.2. The number of amides is 1. The molecule has 0 aliphatic carbocycles. The molecule has 42 heavy (non-hydrogen) atoms. The van der Waals surface area contributed by atoms with E-state index in [2.05, 4.69) is 16.4 Å². The van der Waals surface area contributed by atoms with E-state index in [0.717, 1.165) is 49.6 Å². The summed E-state index contributed by atoms with van der Waals surface area (Å²) in [5.74, 6) is -4.67. The van der Waals surface area contributed by atoms with E-state index in [9.17, 15) is 35.5 Å². The number of hydrogen-bond donors (Lipinski definition) is 2. The topological polar surface area (TPSA) is 125 Å². The summed E-state index contributed by atoms with van der Waals surface area (Å²) in [5.41, 5.74) is 1.64. The van der Waals surface area contributed by atoms with Gasteiger partial charge in [0.1, 0.15) is 18.2 Å². The zero-order valence-corrected chi connectivity index (χ0v) is 22.5. The predicted molar refractivity (Wildman–Crippen MR) is 132 cm³/mol. The van der Waals surface area contributed by atoms with Crippen molar-refractivity contribution in [2.75, 3.05) is 39.9 Å². The zero-order valence-electron chi connectivity index (χ0n) is 22.5. The molecule has 1 aromatic carbocycles. The van der Waals surface area contributed by atoms with Gasteiger partial charge in [-0.25, -0.2) is 19.0 Å². The Kier molecular flexibility index (Phi) is 11.5. The predicted octanol–water partition coefficient (Wildman–Crippen LogP) is 3.76. The first-order chi connectivity index (χ1) is 19.5. The molecule has 17 heteroatoms. The molecule has 3 heterocycles. The van der Waals surface area contributed by atoms with Crippen molar-refractivity contribution in [1.29, 1.82) is 0 Å². The standard InChI is InChI=1S/C21H27FN4O2.2C2HF3O2/c1-3-25-11-12-26-18(16-5-4-6-17(22)13-16)14-23-20(26)21(25)7-9-24(10-8-21)19(27)15-28-2;2*3-2(4,5)1(6)7/h4-6,13-14H,3,7-12,15H2,1-2H3;2*(H,6,7). The van der Waals surface area contributed by atoms with Gasteiger partial charge in [-0.2, -0.15) is 26.3 Å². The lowest BCUT2D eigenvalue weighted by atomic mass is 9.83. The Labute approximate surface area is 235 Å². The Hall–Kier alpha value is -3.73. The normalized spacial score (nSPS) is 16.5. The number of carboxylic acids is 2. The molecule has 1 fully saturated rings. The molecule has 2 N–H and O–H groups in total. The van der Waals surface area contributed by atoms with Crippen molar-refractivity contribution < 1.29 is 60.1 Å². The van der Waals surface area contributed by atoms with Gasteiger partial charge >= 0.3 is 24.3 Å². The number of halogens is 7. The number of carbonyl (C=O) groups excluding carboxylic acids is 1. The average Bonchev–Trinajstić information content (AvgIpc) is 3.35. The van der Waals surface area contributed by atoms with Crippen LogP contribution in [0.15, 0.2) is 30.5 Å². The molecule has 2 aliphatic heterocycles. The number of rotatable bonds is 4. The van der Waals surface area contributed by atoms with Crippen LogP contribution in [0, 0.1) is 5.82 Å². The van der Waals surface area contributed by atoms with Gasteiger partial charge in [0.05, 0.1) is 17.4 Å². The van der Waals surface area contributed by atoms with E-state index in [0.29, 0.717) is 13.1 Å². The van der Waals surface area contributed by atoms with Gasteiger partial charge in [-0.1, -0.05) is 19.1 Å². The van der Waals surface area contributed by atoms with Gasteiger partial charge in [-0.15, -0.1) is 0 Å². The first-order valence-corrected chi connectivity index (χ1v) is 12.4. The van der Waals surface area contributed by atoms with Crippen LogP contribution >= 0.6 is 0 Å². The molecular formula is C25H29F7N4O6. The molecule has 10 nitrogen and oxygen atoms in total. The zero-order chi connectivity index (χ0) is 31.9. The highest BCUT2D eigenvalue weighted by atomic mass is 19.4. The minimum absolute atomic E-state index is 0.0417. The van der Waals surface area contributed by atoms with E-state index >= 15 is 0 Å². The Morgan fingerprint density at radius 3 is 1.98 bits per heavy atom. The van der Waals surface area contributed by atoms with E-state index in [4.69, 9.17) is 29.5 Å². The van der Waals surface area contributed by atoms with Gasteiger partial charge in [0.2, 0.25) is 5.91 Å². The Morgan fingerprint density at radius 2 is 1.52 bits per heavy atom. The van der Waals surface area contributed by atoms with Crippen LogP contribution < -0.4 is 0 Å². The van der Waals surface area contributed by atoms with Crippen LogP contribution in [0.25, 0.3) is 11.3 Å². The van der Waals surface area contributed by atoms with Gasteiger partial charge in [-0.05, 0) is 31.5 Å². The number of hydrogen-bond acceptors (Lipinski definition) is 6. The SMILES string of the molecule is CCN1CCn2c(-c3cccc(F)c3)cnc2C12CCN(C(=O)COC)CC2.O=C(O)C(F)(F)F.O=C(O)C(F)(F)F. The molecule has 1 saturated heterocycles. The van der Waals surface area contributed by atoms with Crippen molar-refractivity contribution in [2.45, 2.75) is 44.2 Å². The van der Waals surface area contributed by atoms with E-state index < -0.39 is 24.3 Å². The maximum absolute atomic E-state index is 13.8. The summed E-state index contributed by atoms with van der Waals surface area (Å²) >= 11 is 0. The number of carboxylic acid groups (broad SMARTS) is 2. The van der Waals surface area contributed by atoms with Gasteiger partial charge in [0.25, 0.3) is 0 Å². The number of likely N-dealkylation sites (N-methyl/N-ethyl adjacent to an activating group) is 1. The van der Waals surface area contributed by atoms with Crippen molar-refractivity contribution in [3.8, 4) is 11.3 Å². The van der Waals surface area contributed by atoms with Crippen LogP contribution in [0.2, 0.25) is 0 Å². The number of nitrogens with zero attached hydrogens (tertiary/aromatic N) is 4. The molecule has 0 radical (unpaired) electrons. The molecule has 0 unspecified atom stereocenters. The molecule has 1 spiro atoms. The third kappa shape index (κ3) is 8.40.